The lowest BCUT2D eigenvalue weighted by Crippen LogP contribution is -2.44. The quantitative estimate of drug-likeness (QED) is 0.916. The highest BCUT2D eigenvalue weighted by Crippen LogP contribution is 2.16. The van der Waals surface area contributed by atoms with Gasteiger partial charge in [0.05, 0.1) is 19.1 Å². The second-order valence-electron chi connectivity index (χ2n) is 6.33. The van der Waals surface area contributed by atoms with Crippen molar-refractivity contribution in [1.82, 2.24) is 4.90 Å². The molecule has 0 aromatic heterocycles. The molecule has 1 aliphatic rings. The van der Waals surface area contributed by atoms with Crippen LogP contribution in [-0.4, -0.2) is 42.5 Å². The van der Waals surface area contributed by atoms with Crippen LogP contribution in [0.5, 0.6) is 0 Å². The molecule has 6 heteroatoms. The van der Waals surface area contributed by atoms with Gasteiger partial charge < -0.3 is 15.0 Å². The molecule has 26 heavy (non-hydrogen) atoms. The van der Waals surface area contributed by atoms with Crippen molar-refractivity contribution in [2.75, 3.05) is 25.0 Å². The van der Waals surface area contributed by atoms with E-state index < -0.39 is 5.82 Å². The largest absolute Gasteiger partial charge is 0.375 e. The van der Waals surface area contributed by atoms with Gasteiger partial charge in [-0.25, -0.2) is 4.39 Å². The van der Waals surface area contributed by atoms with Crippen molar-refractivity contribution in [3.63, 3.8) is 0 Å². The molecule has 1 atom stereocenters. The molecule has 3 rings (SSSR count). The molecule has 0 radical (unpaired) electrons. The summed E-state index contributed by atoms with van der Waals surface area (Å²) in [4.78, 5) is 26.5. The van der Waals surface area contributed by atoms with Crippen LogP contribution in [0.2, 0.25) is 0 Å². The first-order valence-corrected chi connectivity index (χ1v) is 8.57. The molecule has 136 valence electrons. The Kier molecular flexibility index (Phi) is 5.63. The Morgan fingerprint density at radius 3 is 2.81 bits per heavy atom. The highest BCUT2D eigenvalue weighted by atomic mass is 19.1. The summed E-state index contributed by atoms with van der Waals surface area (Å²) in [5.41, 5.74) is 1.35. The van der Waals surface area contributed by atoms with E-state index in [9.17, 15) is 14.0 Å². The number of halogens is 1. The highest BCUT2D eigenvalue weighted by Gasteiger charge is 2.22. The summed E-state index contributed by atoms with van der Waals surface area (Å²) in [6.07, 6.45) is -0.0532. The number of carbonyl (C=O) groups is 2. The monoisotopic (exact) mass is 356 g/mol. The summed E-state index contributed by atoms with van der Waals surface area (Å²) in [5.74, 6) is -0.835. The van der Waals surface area contributed by atoms with Crippen LogP contribution in [-0.2, 0) is 16.0 Å². The highest BCUT2D eigenvalue weighted by molar-refractivity contribution is 5.97. The van der Waals surface area contributed by atoms with Gasteiger partial charge in [0.15, 0.2) is 0 Å². The van der Waals surface area contributed by atoms with Crippen molar-refractivity contribution < 1.29 is 18.7 Å². The van der Waals surface area contributed by atoms with Gasteiger partial charge in [0, 0.05) is 24.3 Å². The number of hydrogen-bond acceptors (Lipinski definition) is 3. The number of amides is 2. The second-order valence-corrected chi connectivity index (χ2v) is 6.33. The fourth-order valence-corrected chi connectivity index (χ4v) is 2.94. The molecule has 1 N–H and O–H groups in total. The standard InChI is InChI=1S/C20H21FN2O3/c1-14-13-23(9-10-26-14)20(25)16-6-4-7-17(11-16)22-19(24)12-15-5-2-3-8-18(15)21/h2-8,11,14H,9-10,12-13H2,1H3,(H,22,24). The predicted octanol–water partition coefficient (Wildman–Crippen LogP) is 2.87. The lowest BCUT2D eigenvalue weighted by molar-refractivity contribution is -0.115. The van der Waals surface area contributed by atoms with Gasteiger partial charge in [-0.15, -0.1) is 0 Å². The molecule has 1 unspecified atom stereocenters. The van der Waals surface area contributed by atoms with Crippen LogP contribution in [0.4, 0.5) is 10.1 Å². The van der Waals surface area contributed by atoms with E-state index >= 15 is 0 Å². The Morgan fingerprint density at radius 1 is 1.23 bits per heavy atom. The number of benzene rings is 2. The number of nitrogens with one attached hydrogen (secondary N) is 1. The van der Waals surface area contributed by atoms with Crippen LogP contribution >= 0.6 is 0 Å². The van der Waals surface area contributed by atoms with Gasteiger partial charge in [0.25, 0.3) is 5.91 Å². The summed E-state index contributed by atoms with van der Waals surface area (Å²) in [6, 6.07) is 13.0. The van der Waals surface area contributed by atoms with Crippen molar-refractivity contribution in [2.24, 2.45) is 0 Å². The maximum Gasteiger partial charge on any atom is 0.254 e. The van der Waals surface area contributed by atoms with Gasteiger partial charge >= 0.3 is 0 Å². The Morgan fingerprint density at radius 2 is 2.04 bits per heavy atom. The summed E-state index contributed by atoms with van der Waals surface area (Å²) < 4.78 is 19.1. The third kappa shape index (κ3) is 4.46. The molecular formula is C20H21FN2O3. The van der Waals surface area contributed by atoms with Gasteiger partial charge in [0.1, 0.15) is 5.82 Å². The number of anilines is 1. The minimum Gasteiger partial charge on any atom is -0.375 e. The average Bonchev–Trinajstić information content (AvgIpc) is 2.63. The van der Waals surface area contributed by atoms with Gasteiger partial charge in [-0.05, 0) is 36.8 Å². The number of carbonyl (C=O) groups excluding carboxylic acids is 2. The summed E-state index contributed by atoms with van der Waals surface area (Å²) >= 11 is 0. The SMILES string of the molecule is CC1CN(C(=O)c2cccc(NC(=O)Cc3ccccc3F)c2)CCO1. The molecule has 0 bridgehead atoms. The Hall–Kier alpha value is -2.73. The zero-order valence-corrected chi connectivity index (χ0v) is 14.6. The predicted molar refractivity (Wildman–Crippen MR) is 96.5 cm³/mol. The molecular weight excluding hydrogens is 335 g/mol. The smallest absolute Gasteiger partial charge is 0.254 e. The van der Waals surface area contributed by atoms with E-state index in [0.717, 1.165) is 0 Å². The lowest BCUT2D eigenvalue weighted by Gasteiger charge is -2.31. The molecule has 2 amide bonds. The van der Waals surface area contributed by atoms with Crippen LogP contribution in [0, 0.1) is 5.82 Å². The van der Waals surface area contributed by atoms with E-state index in [2.05, 4.69) is 5.32 Å². The van der Waals surface area contributed by atoms with Crippen LogP contribution in [0.3, 0.4) is 0 Å². The minimum atomic E-state index is -0.409. The number of rotatable bonds is 4. The van der Waals surface area contributed by atoms with Crippen molar-refractivity contribution in [3.05, 3.63) is 65.5 Å². The Bertz CT molecular complexity index is 809. The van der Waals surface area contributed by atoms with Gasteiger partial charge in [-0.1, -0.05) is 24.3 Å². The number of hydrogen-bond donors (Lipinski definition) is 1. The molecule has 5 nitrogen and oxygen atoms in total. The Balaban J connectivity index is 1.66. The third-order valence-corrected chi connectivity index (χ3v) is 4.23. The summed E-state index contributed by atoms with van der Waals surface area (Å²) in [6.45, 7) is 3.54. The molecule has 1 aliphatic heterocycles. The Labute approximate surface area is 151 Å². The summed E-state index contributed by atoms with van der Waals surface area (Å²) in [7, 11) is 0. The van der Waals surface area contributed by atoms with Crippen LogP contribution in [0.1, 0.15) is 22.8 Å². The molecule has 1 fully saturated rings. The first-order valence-electron chi connectivity index (χ1n) is 8.57. The van der Waals surface area contributed by atoms with Gasteiger partial charge in [0.2, 0.25) is 5.91 Å². The number of ether oxygens (including phenoxy) is 1. The minimum absolute atomic E-state index is 0.0105. The van der Waals surface area contributed by atoms with Crippen LogP contribution in [0.15, 0.2) is 48.5 Å². The van der Waals surface area contributed by atoms with Crippen LogP contribution < -0.4 is 5.32 Å². The molecule has 1 heterocycles. The number of nitrogens with zero attached hydrogens (tertiary/aromatic N) is 1. The maximum atomic E-state index is 13.7. The molecule has 2 aromatic carbocycles. The van der Waals surface area contributed by atoms with Crippen molar-refractivity contribution in [3.8, 4) is 0 Å². The average molecular weight is 356 g/mol. The van der Waals surface area contributed by atoms with E-state index in [1.54, 1.807) is 47.4 Å². The van der Waals surface area contributed by atoms with E-state index in [0.29, 0.717) is 36.5 Å². The van der Waals surface area contributed by atoms with Crippen molar-refractivity contribution >= 4 is 17.5 Å². The molecule has 1 saturated heterocycles. The van der Waals surface area contributed by atoms with E-state index in [-0.39, 0.29) is 24.3 Å². The third-order valence-electron chi connectivity index (χ3n) is 4.23. The van der Waals surface area contributed by atoms with E-state index in [1.807, 2.05) is 6.92 Å². The lowest BCUT2D eigenvalue weighted by atomic mass is 10.1. The maximum absolute atomic E-state index is 13.7. The topological polar surface area (TPSA) is 58.6 Å². The zero-order chi connectivity index (χ0) is 18.5. The fourth-order valence-electron chi connectivity index (χ4n) is 2.94. The zero-order valence-electron chi connectivity index (χ0n) is 14.6. The van der Waals surface area contributed by atoms with Gasteiger partial charge in [-0.2, -0.15) is 0 Å². The molecule has 0 spiro atoms. The van der Waals surface area contributed by atoms with Crippen molar-refractivity contribution in [1.29, 1.82) is 0 Å². The van der Waals surface area contributed by atoms with Gasteiger partial charge in [-0.3, -0.25) is 9.59 Å². The first-order chi connectivity index (χ1) is 12.5. The van der Waals surface area contributed by atoms with E-state index in [1.165, 1.54) is 6.07 Å². The normalized spacial score (nSPS) is 17.0. The van der Waals surface area contributed by atoms with Crippen molar-refractivity contribution in [2.45, 2.75) is 19.4 Å². The number of morpholine rings is 1. The van der Waals surface area contributed by atoms with E-state index in [4.69, 9.17) is 4.74 Å². The molecule has 0 saturated carbocycles. The molecule has 2 aromatic rings. The first kappa shape index (κ1) is 18.1. The molecule has 0 aliphatic carbocycles. The fraction of sp³-hybridized carbons (Fsp3) is 0.300. The van der Waals surface area contributed by atoms with Crippen LogP contribution in [0.25, 0.3) is 0 Å². The summed E-state index contributed by atoms with van der Waals surface area (Å²) in [5, 5.41) is 2.72. The second kappa shape index (κ2) is 8.10.